The van der Waals surface area contributed by atoms with Crippen LogP contribution in [0, 0.1) is 0 Å². The number of nitrogen functional groups attached to an aromatic ring is 1. The molecular formula is C21H22ClN9O5S4. The van der Waals surface area contributed by atoms with E-state index in [1.165, 1.54) is 23.5 Å². The Bertz CT molecular complexity index is 1430. The molecule has 2 aliphatic heterocycles. The van der Waals surface area contributed by atoms with Gasteiger partial charge >= 0.3 is 5.97 Å². The second-order valence-corrected chi connectivity index (χ2v) is 13.0. The number of nitrogens with one attached hydrogen (secondary N) is 1. The van der Waals surface area contributed by atoms with Gasteiger partial charge in [0.2, 0.25) is 0 Å². The van der Waals surface area contributed by atoms with Crippen molar-refractivity contribution in [2.45, 2.75) is 22.1 Å². The normalized spacial score (nSPS) is 18.7. The van der Waals surface area contributed by atoms with Crippen molar-refractivity contribution in [3.05, 3.63) is 44.7 Å². The van der Waals surface area contributed by atoms with E-state index < -0.39 is 34.9 Å². The minimum atomic E-state index is -1.27. The Morgan fingerprint density at radius 2 is 2.12 bits per heavy atom. The first kappa shape index (κ1) is 29.8. The number of carboxylic acid groups (broad SMARTS) is 1. The zero-order valence-electron chi connectivity index (χ0n) is 20.3. The van der Waals surface area contributed by atoms with E-state index in [0.29, 0.717) is 23.0 Å². The van der Waals surface area contributed by atoms with Gasteiger partial charge in [0.15, 0.2) is 16.8 Å². The van der Waals surface area contributed by atoms with Gasteiger partial charge in [-0.2, -0.15) is 11.8 Å². The van der Waals surface area contributed by atoms with Crippen LogP contribution in [-0.4, -0.2) is 84.1 Å². The van der Waals surface area contributed by atoms with E-state index in [2.05, 4.69) is 25.4 Å². The molecule has 4 heterocycles. The number of pyridine rings is 1. The molecule has 9 N–H and O–H groups in total. The number of thiazole rings is 1. The van der Waals surface area contributed by atoms with E-state index in [9.17, 15) is 24.7 Å². The average molecular weight is 644 g/mol. The van der Waals surface area contributed by atoms with Crippen LogP contribution in [0.1, 0.15) is 11.3 Å². The predicted molar refractivity (Wildman–Crippen MR) is 156 cm³/mol. The molecule has 1 saturated heterocycles. The summed E-state index contributed by atoms with van der Waals surface area (Å²) in [7, 11) is 0. The highest BCUT2D eigenvalue weighted by molar-refractivity contribution is 8.06. The molecule has 2 aromatic rings. The summed E-state index contributed by atoms with van der Waals surface area (Å²) in [4.78, 5) is 52.6. The Labute approximate surface area is 248 Å². The van der Waals surface area contributed by atoms with Gasteiger partial charge in [-0.05, 0) is 11.6 Å². The van der Waals surface area contributed by atoms with Crippen molar-refractivity contribution >= 4 is 92.8 Å². The fraction of sp³-hybridized carbons (Fsp3) is 0.286. The van der Waals surface area contributed by atoms with Crippen LogP contribution in [0.15, 0.2) is 44.1 Å². The average Bonchev–Trinajstić information content (AvgIpc) is 3.24. The zero-order chi connectivity index (χ0) is 29.0. The third-order valence-electron chi connectivity index (χ3n) is 5.44. The smallest absolute Gasteiger partial charge is 0.353 e. The summed E-state index contributed by atoms with van der Waals surface area (Å²) in [5.41, 5.74) is 16.4. The maximum Gasteiger partial charge on any atom is 0.353 e. The van der Waals surface area contributed by atoms with E-state index >= 15 is 0 Å². The van der Waals surface area contributed by atoms with Gasteiger partial charge in [-0.3, -0.25) is 24.5 Å². The van der Waals surface area contributed by atoms with Crippen LogP contribution in [0.4, 0.5) is 5.13 Å². The second kappa shape index (κ2) is 13.0. The SMILES string of the molecule is NC(N)=NCCSCc1cnccc1SC1=C(C(=O)O)N2C(=O)[C@@H](NC(=O)/C(=N\O)c3nc(N)sc3Cl)[C@H]2SC1. The number of β-lactam (4-membered cyclic amide) rings is 1. The molecule has 0 radical (unpaired) electrons. The molecule has 0 aliphatic carbocycles. The molecule has 0 unspecified atom stereocenters. The van der Waals surface area contributed by atoms with Crippen molar-refractivity contribution in [2.75, 3.05) is 23.8 Å². The van der Waals surface area contributed by atoms with Crippen molar-refractivity contribution in [1.82, 2.24) is 20.2 Å². The number of guanidine groups is 1. The lowest BCUT2D eigenvalue weighted by atomic mass is 10.0. The summed E-state index contributed by atoms with van der Waals surface area (Å²) in [5, 5.41) is 24.2. The highest BCUT2D eigenvalue weighted by Gasteiger charge is 2.54. The van der Waals surface area contributed by atoms with Crippen molar-refractivity contribution in [3.63, 3.8) is 0 Å². The summed E-state index contributed by atoms with van der Waals surface area (Å²) in [5.74, 6) is -1.21. The molecule has 0 aromatic carbocycles. The summed E-state index contributed by atoms with van der Waals surface area (Å²) in [6.45, 7) is 0.466. The largest absolute Gasteiger partial charge is 0.477 e. The van der Waals surface area contributed by atoms with Crippen molar-refractivity contribution in [1.29, 1.82) is 0 Å². The number of nitrogens with zero attached hydrogens (tertiary/aromatic N) is 5. The molecule has 2 atom stereocenters. The van der Waals surface area contributed by atoms with Crippen molar-refractivity contribution in [3.8, 4) is 0 Å². The molecule has 212 valence electrons. The molecule has 40 heavy (non-hydrogen) atoms. The number of aliphatic imine (C=N–C) groups is 1. The molecule has 2 aliphatic rings. The van der Waals surface area contributed by atoms with Crippen LogP contribution >= 0.6 is 58.2 Å². The Kier molecular flexibility index (Phi) is 9.67. The van der Waals surface area contributed by atoms with Gasteiger partial charge in [0.05, 0.1) is 6.54 Å². The molecule has 4 rings (SSSR count). The van der Waals surface area contributed by atoms with E-state index in [4.69, 9.17) is 28.8 Å². The van der Waals surface area contributed by atoms with Crippen LogP contribution in [-0.2, 0) is 20.1 Å². The minimum absolute atomic E-state index is 0.0258. The van der Waals surface area contributed by atoms with Crippen LogP contribution < -0.4 is 22.5 Å². The van der Waals surface area contributed by atoms with E-state index in [0.717, 1.165) is 26.7 Å². The first-order chi connectivity index (χ1) is 19.1. The predicted octanol–water partition coefficient (Wildman–Crippen LogP) is 0.947. The standard InChI is InChI=1S/C21H22ClN9O5S4/c22-15-11(29-21(25)40-15)12(30-36)16(32)28-13-17(33)31-14(19(34)35)10(7-38-18(13)31)39-9-1-2-26-5-8(9)6-37-4-3-27-20(23)24/h1-2,5,13,18,36H,3-4,6-7H2,(H2,25,29)(H,28,32)(H,34,35)(H4,23,24,27)/b30-12-/t13-,18-/m1/s1. The van der Waals surface area contributed by atoms with Crippen LogP contribution in [0.25, 0.3) is 0 Å². The van der Waals surface area contributed by atoms with Crippen LogP contribution in [0.5, 0.6) is 0 Å². The number of rotatable bonds is 11. The summed E-state index contributed by atoms with van der Waals surface area (Å²) in [6.07, 6.45) is 3.32. The number of thioether (sulfide) groups is 3. The Hall–Kier alpha value is -3.19. The van der Waals surface area contributed by atoms with Crippen molar-refractivity contribution in [2.24, 2.45) is 21.6 Å². The number of carbonyl (C=O) groups excluding carboxylic acids is 2. The molecular weight excluding hydrogens is 622 g/mol. The lowest BCUT2D eigenvalue weighted by Gasteiger charge is -2.49. The highest BCUT2D eigenvalue weighted by Crippen LogP contribution is 2.46. The number of amides is 2. The first-order valence-corrected chi connectivity index (χ1v) is 15.4. The topological polar surface area (TPSA) is 236 Å². The molecule has 2 aromatic heterocycles. The summed E-state index contributed by atoms with van der Waals surface area (Å²) < 4.78 is 0.0365. The van der Waals surface area contributed by atoms with E-state index in [1.807, 2.05) is 0 Å². The number of hydrogen-bond acceptors (Lipinski definition) is 13. The number of nitrogens with two attached hydrogens (primary N) is 3. The Balaban J connectivity index is 1.48. The Morgan fingerprint density at radius 1 is 1.35 bits per heavy atom. The fourth-order valence-electron chi connectivity index (χ4n) is 3.72. The maximum atomic E-state index is 13.1. The number of fused-ring (bicyclic) bond motifs is 1. The summed E-state index contributed by atoms with van der Waals surface area (Å²) in [6, 6.07) is 0.732. The molecule has 2 amide bonds. The molecule has 14 nitrogen and oxygen atoms in total. The molecule has 1 fully saturated rings. The summed E-state index contributed by atoms with van der Waals surface area (Å²) >= 11 is 11.1. The van der Waals surface area contributed by atoms with Gasteiger partial charge in [-0.1, -0.05) is 39.9 Å². The van der Waals surface area contributed by atoms with Gasteiger partial charge in [-0.25, -0.2) is 9.78 Å². The number of aromatic nitrogens is 2. The van der Waals surface area contributed by atoms with Gasteiger partial charge in [-0.15, -0.1) is 11.8 Å². The van der Waals surface area contributed by atoms with Gasteiger partial charge in [0.1, 0.15) is 27.1 Å². The van der Waals surface area contributed by atoms with Crippen LogP contribution in [0.2, 0.25) is 4.34 Å². The third kappa shape index (κ3) is 6.41. The number of aliphatic carboxylic acids is 1. The first-order valence-electron chi connectivity index (χ1n) is 11.2. The van der Waals surface area contributed by atoms with Gasteiger partial charge in [0.25, 0.3) is 11.8 Å². The second-order valence-electron chi connectivity index (χ2n) is 8.01. The number of oxime groups is 1. The minimum Gasteiger partial charge on any atom is -0.477 e. The lowest BCUT2D eigenvalue weighted by Crippen LogP contribution is -2.71. The molecule has 0 spiro atoms. The monoisotopic (exact) mass is 643 g/mol. The van der Waals surface area contributed by atoms with Gasteiger partial charge < -0.3 is 32.8 Å². The number of halogens is 1. The molecule has 0 saturated carbocycles. The molecule has 0 bridgehead atoms. The third-order valence-corrected chi connectivity index (χ3v) is 10.2. The van der Waals surface area contributed by atoms with Gasteiger partial charge in [0, 0.05) is 39.5 Å². The number of carbonyl (C=O) groups is 3. The number of anilines is 1. The maximum absolute atomic E-state index is 13.1. The van der Waals surface area contributed by atoms with E-state index in [-0.39, 0.29) is 32.6 Å². The van der Waals surface area contributed by atoms with E-state index in [1.54, 1.807) is 30.2 Å². The number of hydrogen-bond donors (Lipinski definition) is 6. The lowest BCUT2D eigenvalue weighted by molar-refractivity contribution is -0.150. The fourth-order valence-corrected chi connectivity index (χ4v) is 8.12. The van der Waals surface area contributed by atoms with Crippen molar-refractivity contribution < 1.29 is 24.7 Å². The highest BCUT2D eigenvalue weighted by atomic mass is 35.5. The molecule has 19 heteroatoms. The van der Waals surface area contributed by atoms with Crippen LogP contribution in [0.3, 0.4) is 0 Å². The Morgan fingerprint density at radius 3 is 2.77 bits per heavy atom. The quantitative estimate of drug-likeness (QED) is 0.0500. The number of carboxylic acids is 1. The zero-order valence-corrected chi connectivity index (χ0v) is 24.3.